The molecule has 3 nitrogen and oxygen atoms in total. The number of nitrogens with two attached hydrogens (primary N) is 1. The summed E-state index contributed by atoms with van der Waals surface area (Å²) in [5, 5.41) is 5.21. The minimum absolute atomic E-state index is 0.0382. The molecule has 4 heteroatoms. The summed E-state index contributed by atoms with van der Waals surface area (Å²) in [5.41, 5.74) is 0.875. The lowest BCUT2D eigenvalue weighted by Crippen LogP contribution is -2.40. The van der Waals surface area contributed by atoms with E-state index in [2.05, 4.69) is 20.4 Å². The maximum absolute atomic E-state index is 11.3. The Balaban J connectivity index is 2.45. The van der Waals surface area contributed by atoms with Crippen molar-refractivity contribution >= 4 is 10.0 Å². The first-order chi connectivity index (χ1) is 6.69. The fourth-order valence-electron chi connectivity index (χ4n) is 3.68. The monoisotopic (exact) mass is 229 g/mol. The predicted molar refractivity (Wildman–Crippen MR) is 60.7 cm³/mol. The molecular formula is C11H19NO2S. The Labute approximate surface area is 91.8 Å². The van der Waals surface area contributed by atoms with E-state index in [1.54, 1.807) is 0 Å². The molecule has 1 unspecified atom stereocenters. The first-order valence-electron chi connectivity index (χ1n) is 5.38. The minimum atomic E-state index is -3.42. The van der Waals surface area contributed by atoms with Gasteiger partial charge >= 0.3 is 0 Å². The number of allylic oxidation sites excluding steroid dienone is 1. The molecule has 2 bridgehead atoms. The zero-order chi connectivity index (χ0) is 11.5. The normalized spacial score (nSPS) is 38.6. The summed E-state index contributed by atoms with van der Waals surface area (Å²) in [6.45, 7) is 8.39. The van der Waals surface area contributed by atoms with Gasteiger partial charge in [0.05, 0.1) is 5.75 Å². The Morgan fingerprint density at radius 2 is 2.13 bits per heavy atom. The number of hydrogen-bond donors (Lipinski definition) is 1. The molecule has 0 saturated heterocycles. The summed E-state index contributed by atoms with van der Waals surface area (Å²) in [6, 6.07) is 0. The lowest BCUT2D eigenvalue weighted by Gasteiger charge is -2.38. The molecule has 2 rings (SSSR count). The van der Waals surface area contributed by atoms with Gasteiger partial charge in [-0.25, -0.2) is 13.6 Å². The van der Waals surface area contributed by atoms with Crippen molar-refractivity contribution in [3.63, 3.8) is 0 Å². The lowest BCUT2D eigenvalue weighted by molar-refractivity contribution is 0.182. The van der Waals surface area contributed by atoms with Crippen molar-refractivity contribution in [1.29, 1.82) is 0 Å². The first-order valence-corrected chi connectivity index (χ1v) is 7.09. The van der Waals surface area contributed by atoms with E-state index < -0.39 is 10.0 Å². The molecule has 0 aliphatic heterocycles. The number of hydrogen-bond acceptors (Lipinski definition) is 2. The van der Waals surface area contributed by atoms with Crippen LogP contribution in [0, 0.1) is 16.7 Å². The maximum atomic E-state index is 11.3. The van der Waals surface area contributed by atoms with Crippen LogP contribution < -0.4 is 5.14 Å². The van der Waals surface area contributed by atoms with E-state index >= 15 is 0 Å². The molecule has 15 heavy (non-hydrogen) atoms. The molecule has 2 saturated carbocycles. The molecule has 2 N–H and O–H groups in total. The number of fused-ring (bicyclic) bond motifs is 2. The van der Waals surface area contributed by atoms with E-state index in [1.165, 1.54) is 0 Å². The average molecular weight is 229 g/mol. The van der Waals surface area contributed by atoms with Gasteiger partial charge < -0.3 is 0 Å². The fraction of sp³-hybridized carbons (Fsp3) is 0.818. The van der Waals surface area contributed by atoms with Crippen molar-refractivity contribution in [2.75, 3.05) is 5.75 Å². The van der Waals surface area contributed by atoms with Crippen LogP contribution in [-0.4, -0.2) is 14.2 Å². The van der Waals surface area contributed by atoms with Crippen LogP contribution in [0.3, 0.4) is 0 Å². The smallest absolute Gasteiger partial charge is 0.209 e. The van der Waals surface area contributed by atoms with Crippen molar-refractivity contribution in [1.82, 2.24) is 0 Å². The van der Waals surface area contributed by atoms with Gasteiger partial charge in [-0.1, -0.05) is 26.0 Å². The van der Waals surface area contributed by atoms with Crippen molar-refractivity contribution in [3.05, 3.63) is 12.2 Å². The SMILES string of the molecule is C=C1CC2CC[C@@]1(CS(N)(=O)=O)C2(C)C. The number of primary sulfonamides is 1. The van der Waals surface area contributed by atoms with E-state index in [0.717, 1.165) is 24.8 Å². The van der Waals surface area contributed by atoms with E-state index in [9.17, 15) is 8.42 Å². The summed E-state index contributed by atoms with van der Waals surface area (Å²) >= 11 is 0. The topological polar surface area (TPSA) is 60.2 Å². The van der Waals surface area contributed by atoms with E-state index in [0.29, 0.717) is 5.92 Å². The van der Waals surface area contributed by atoms with Gasteiger partial charge in [-0.3, -0.25) is 0 Å². The molecule has 0 spiro atoms. The van der Waals surface area contributed by atoms with E-state index in [1.807, 2.05) is 0 Å². The first kappa shape index (κ1) is 11.1. The zero-order valence-corrected chi connectivity index (χ0v) is 10.2. The van der Waals surface area contributed by atoms with Crippen molar-refractivity contribution in [2.24, 2.45) is 21.9 Å². The number of sulfonamides is 1. The van der Waals surface area contributed by atoms with Crippen molar-refractivity contribution in [3.8, 4) is 0 Å². The molecule has 0 aromatic rings. The van der Waals surface area contributed by atoms with Crippen LogP contribution in [-0.2, 0) is 10.0 Å². The molecule has 0 heterocycles. The Bertz CT molecular complexity index is 410. The summed E-state index contributed by atoms with van der Waals surface area (Å²) in [7, 11) is -3.42. The third kappa shape index (κ3) is 1.38. The van der Waals surface area contributed by atoms with Crippen LogP contribution in [0.15, 0.2) is 12.2 Å². The minimum Gasteiger partial charge on any atom is -0.229 e. The van der Waals surface area contributed by atoms with Gasteiger partial charge in [0.2, 0.25) is 10.0 Å². The second-order valence-corrected chi connectivity index (χ2v) is 7.27. The standard InChI is InChI=1S/C11H19NO2S/c1-8-6-9-4-5-11(8,10(9,2)3)7-15(12,13)14/h9H,1,4-7H2,2-3H3,(H2,12,13,14)/t9?,11-/m0/s1. The van der Waals surface area contributed by atoms with Gasteiger partial charge in [0.25, 0.3) is 0 Å². The Morgan fingerprint density at radius 3 is 2.47 bits per heavy atom. The van der Waals surface area contributed by atoms with Crippen LogP contribution in [0.5, 0.6) is 0 Å². The van der Waals surface area contributed by atoms with Crippen LogP contribution in [0.25, 0.3) is 0 Å². The molecule has 0 aromatic carbocycles. The van der Waals surface area contributed by atoms with Gasteiger partial charge in [0.1, 0.15) is 0 Å². The molecule has 0 amide bonds. The Morgan fingerprint density at radius 1 is 1.53 bits per heavy atom. The summed E-state index contributed by atoms with van der Waals surface area (Å²) in [4.78, 5) is 0. The maximum Gasteiger partial charge on any atom is 0.209 e. The van der Waals surface area contributed by atoms with E-state index in [-0.39, 0.29) is 16.6 Å². The highest BCUT2D eigenvalue weighted by Crippen LogP contribution is 2.67. The highest BCUT2D eigenvalue weighted by Gasteiger charge is 2.61. The van der Waals surface area contributed by atoms with Crippen LogP contribution in [0.4, 0.5) is 0 Å². The van der Waals surface area contributed by atoms with Crippen LogP contribution >= 0.6 is 0 Å². The molecule has 2 atom stereocenters. The van der Waals surface area contributed by atoms with Gasteiger partial charge in [-0.15, -0.1) is 0 Å². The summed E-state index contributed by atoms with van der Waals surface area (Å²) in [6.07, 6.45) is 3.02. The quantitative estimate of drug-likeness (QED) is 0.732. The predicted octanol–water partition coefficient (Wildman–Crippen LogP) is 1.66. The zero-order valence-electron chi connectivity index (χ0n) is 9.41. The highest BCUT2D eigenvalue weighted by molar-refractivity contribution is 7.89. The second kappa shape index (κ2) is 2.86. The Kier molecular flexibility index (Phi) is 2.12. The third-order valence-corrected chi connectivity index (χ3v) is 5.69. The average Bonchev–Trinajstić information content (AvgIpc) is 2.34. The number of rotatable bonds is 2. The van der Waals surface area contributed by atoms with E-state index in [4.69, 9.17) is 5.14 Å². The largest absolute Gasteiger partial charge is 0.229 e. The van der Waals surface area contributed by atoms with Gasteiger partial charge in [0, 0.05) is 5.41 Å². The highest BCUT2D eigenvalue weighted by atomic mass is 32.2. The molecule has 2 aliphatic carbocycles. The summed E-state index contributed by atoms with van der Waals surface area (Å²) in [5.74, 6) is 0.661. The molecule has 86 valence electrons. The Hall–Kier alpha value is -0.350. The molecule has 2 aliphatic rings. The summed E-state index contributed by atoms with van der Waals surface area (Å²) < 4.78 is 22.7. The molecule has 0 aromatic heterocycles. The molecule has 2 fully saturated rings. The van der Waals surface area contributed by atoms with Gasteiger partial charge in [0.15, 0.2) is 0 Å². The van der Waals surface area contributed by atoms with Gasteiger partial charge in [-0.05, 0) is 30.6 Å². The molecular weight excluding hydrogens is 210 g/mol. The molecule has 0 radical (unpaired) electrons. The second-order valence-electron chi connectivity index (χ2n) is 5.65. The van der Waals surface area contributed by atoms with Crippen LogP contribution in [0.2, 0.25) is 0 Å². The van der Waals surface area contributed by atoms with Crippen molar-refractivity contribution < 1.29 is 8.42 Å². The lowest BCUT2D eigenvalue weighted by atomic mass is 9.69. The third-order valence-electron chi connectivity index (χ3n) is 4.79. The van der Waals surface area contributed by atoms with Crippen molar-refractivity contribution in [2.45, 2.75) is 33.1 Å². The fourth-order valence-corrected chi connectivity index (χ4v) is 5.09. The van der Waals surface area contributed by atoms with Gasteiger partial charge in [-0.2, -0.15) is 0 Å². The van der Waals surface area contributed by atoms with Crippen LogP contribution in [0.1, 0.15) is 33.1 Å².